The third-order valence-corrected chi connectivity index (χ3v) is 6.10. The summed E-state index contributed by atoms with van der Waals surface area (Å²) in [6.45, 7) is 7.54. The Morgan fingerprint density at radius 3 is 2.44 bits per heavy atom. The van der Waals surface area contributed by atoms with Crippen LogP contribution in [-0.4, -0.2) is 47.6 Å². The average molecular weight is 494 g/mol. The van der Waals surface area contributed by atoms with E-state index in [9.17, 15) is 14.4 Å². The van der Waals surface area contributed by atoms with Crippen LogP contribution >= 0.6 is 0 Å². The van der Waals surface area contributed by atoms with Gasteiger partial charge in [0.05, 0.1) is 18.3 Å². The van der Waals surface area contributed by atoms with Crippen molar-refractivity contribution in [2.45, 2.75) is 53.0 Å². The molecule has 36 heavy (non-hydrogen) atoms. The summed E-state index contributed by atoms with van der Waals surface area (Å²) in [5, 5.41) is 3.75. The van der Waals surface area contributed by atoms with Gasteiger partial charge in [-0.15, -0.1) is 0 Å². The van der Waals surface area contributed by atoms with Crippen LogP contribution in [-0.2, 0) is 20.9 Å². The lowest BCUT2D eigenvalue weighted by Crippen LogP contribution is -2.33. The number of rotatable bonds is 11. The lowest BCUT2D eigenvalue weighted by Gasteiger charge is -2.20. The van der Waals surface area contributed by atoms with E-state index in [4.69, 9.17) is 4.74 Å². The van der Waals surface area contributed by atoms with Crippen molar-refractivity contribution in [3.63, 3.8) is 0 Å². The Balaban J connectivity index is 1.87. The van der Waals surface area contributed by atoms with Gasteiger partial charge in [-0.3, -0.25) is 9.59 Å². The SMILES string of the molecule is CCN(CC)C(=O)Oc1ccc2c(ccn2Cc2cccc(C)c2)c1NC(=O)CCCCC(=O)OC. The summed E-state index contributed by atoms with van der Waals surface area (Å²) in [5.41, 5.74) is 3.74. The molecule has 0 bridgehead atoms. The minimum atomic E-state index is -0.466. The van der Waals surface area contributed by atoms with Crippen LogP contribution in [0, 0.1) is 6.92 Å². The van der Waals surface area contributed by atoms with Gasteiger partial charge in [-0.2, -0.15) is 0 Å². The predicted octanol–water partition coefficient (Wildman–Crippen LogP) is 5.51. The van der Waals surface area contributed by atoms with Crippen LogP contribution in [0.15, 0.2) is 48.7 Å². The molecule has 2 aromatic carbocycles. The van der Waals surface area contributed by atoms with E-state index in [1.54, 1.807) is 11.0 Å². The Hall–Kier alpha value is -3.81. The molecule has 2 amide bonds. The molecule has 3 rings (SSSR count). The highest BCUT2D eigenvalue weighted by Gasteiger charge is 2.19. The van der Waals surface area contributed by atoms with Gasteiger partial charge in [-0.1, -0.05) is 29.8 Å². The van der Waals surface area contributed by atoms with Crippen molar-refractivity contribution in [3.05, 3.63) is 59.8 Å². The molecule has 0 fully saturated rings. The molecular weight excluding hydrogens is 458 g/mol. The number of nitrogens with one attached hydrogen (secondary N) is 1. The van der Waals surface area contributed by atoms with Gasteiger partial charge in [0.25, 0.3) is 0 Å². The number of aromatic nitrogens is 1. The van der Waals surface area contributed by atoms with Crippen molar-refractivity contribution in [1.29, 1.82) is 0 Å². The van der Waals surface area contributed by atoms with E-state index in [0.717, 1.165) is 10.9 Å². The van der Waals surface area contributed by atoms with Crippen LogP contribution in [0.1, 0.15) is 50.7 Å². The molecule has 0 aliphatic rings. The largest absolute Gasteiger partial charge is 0.469 e. The molecule has 8 heteroatoms. The number of hydrogen-bond donors (Lipinski definition) is 1. The highest BCUT2D eigenvalue weighted by molar-refractivity contribution is 6.04. The van der Waals surface area contributed by atoms with Gasteiger partial charge in [0.15, 0.2) is 5.75 Å². The van der Waals surface area contributed by atoms with Gasteiger partial charge in [-0.05, 0) is 57.4 Å². The number of methoxy groups -OCH3 is 1. The highest BCUT2D eigenvalue weighted by Crippen LogP contribution is 2.35. The molecule has 0 aliphatic heterocycles. The summed E-state index contributed by atoms with van der Waals surface area (Å²) in [4.78, 5) is 38.4. The molecule has 0 radical (unpaired) electrons. The Kier molecular flexibility index (Phi) is 9.50. The lowest BCUT2D eigenvalue weighted by molar-refractivity contribution is -0.140. The van der Waals surface area contributed by atoms with Gasteiger partial charge in [0, 0.05) is 44.1 Å². The van der Waals surface area contributed by atoms with Crippen LogP contribution in [0.3, 0.4) is 0 Å². The molecule has 1 N–H and O–H groups in total. The van der Waals surface area contributed by atoms with E-state index < -0.39 is 6.09 Å². The number of nitrogens with zero attached hydrogens (tertiary/aromatic N) is 2. The molecule has 8 nitrogen and oxygen atoms in total. The summed E-state index contributed by atoms with van der Waals surface area (Å²) in [6, 6.07) is 13.9. The van der Waals surface area contributed by atoms with Crippen LogP contribution in [0.4, 0.5) is 10.5 Å². The van der Waals surface area contributed by atoms with Crippen LogP contribution in [0.25, 0.3) is 10.9 Å². The number of benzene rings is 2. The number of aryl methyl sites for hydroxylation is 1. The van der Waals surface area contributed by atoms with E-state index in [0.29, 0.717) is 43.9 Å². The maximum absolute atomic E-state index is 12.8. The second-order valence-corrected chi connectivity index (χ2v) is 8.68. The quantitative estimate of drug-likeness (QED) is 0.281. The summed E-state index contributed by atoms with van der Waals surface area (Å²) >= 11 is 0. The van der Waals surface area contributed by atoms with Gasteiger partial charge >= 0.3 is 12.1 Å². The van der Waals surface area contributed by atoms with Crippen molar-refractivity contribution in [2.75, 3.05) is 25.5 Å². The first-order chi connectivity index (χ1) is 17.4. The molecule has 0 saturated heterocycles. The molecule has 0 saturated carbocycles. The fourth-order valence-electron chi connectivity index (χ4n) is 4.11. The number of fused-ring (bicyclic) bond motifs is 1. The number of carbonyl (C=O) groups is 3. The van der Waals surface area contributed by atoms with Gasteiger partial charge in [0.2, 0.25) is 5.91 Å². The number of unbranched alkanes of at least 4 members (excludes halogenated alkanes) is 1. The zero-order valence-corrected chi connectivity index (χ0v) is 21.5. The second kappa shape index (κ2) is 12.8. The van der Waals surface area contributed by atoms with E-state index in [-0.39, 0.29) is 24.7 Å². The maximum atomic E-state index is 12.8. The predicted molar refractivity (Wildman–Crippen MR) is 140 cm³/mol. The maximum Gasteiger partial charge on any atom is 0.415 e. The Morgan fingerprint density at radius 2 is 1.75 bits per heavy atom. The topological polar surface area (TPSA) is 89.9 Å². The van der Waals surface area contributed by atoms with Crippen molar-refractivity contribution < 1.29 is 23.9 Å². The molecule has 0 aliphatic carbocycles. The van der Waals surface area contributed by atoms with E-state index >= 15 is 0 Å². The molecule has 0 unspecified atom stereocenters. The molecule has 1 heterocycles. The number of amides is 2. The third-order valence-electron chi connectivity index (χ3n) is 6.10. The summed E-state index contributed by atoms with van der Waals surface area (Å²) in [6.07, 6.45) is 3.11. The molecule has 1 aromatic heterocycles. The van der Waals surface area contributed by atoms with Crippen molar-refractivity contribution >= 4 is 34.6 Å². The minimum Gasteiger partial charge on any atom is -0.469 e. The van der Waals surface area contributed by atoms with Crippen LogP contribution in [0.2, 0.25) is 0 Å². The van der Waals surface area contributed by atoms with Crippen LogP contribution in [0.5, 0.6) is 5.75 Å². The van der Waals surface area contributed by atoms with Crippen molar-refractivity contribution in [1.82, 2.24) is 9.47 Å². The normalized spacial score (nSPS) is 10.8. The molecule has 0 spiro atoms. The van der Waals surface area contributed by atoms with Gasteiger partial charge < -0.3 is 24.3 Å². The molecule has 0 atom stereocenters. The lowest BCUT2D eigenvalue weighted by atomic mass is 10.1. The Bertz CT molecular complexity index is 1210. The van der Waals surface area contributed by atoms with Crippen LogP contribution < -0.4 is 10.1 Å². The number of ether oxygens (including phenoxy) is 2. The smallest absolute Gasteiger partial charge is 0.415 e. The number of carbonyl (C=O) groups excluding carboxylic acids is 3. The van der Waals surface area contributed by atoms with E-state index in [1.165, 1.54) is 18.2 Å². The first-order valence-corrected chi connectivity index (χ1v) is 12.4. The summed E-state index contributed by atoms with van der Waals surface area (Å²) < 4.78 is 12.5. The highest BCUT2D eigenvalue weighted by atomic mass is 16.6. The summed E-state index contributed by atoms with van der Waals surface area (Å²) in [7, 11) is 1.35. The zero-order chi connectivity index (χ0) is 26.1. The third kappa shape index (κ3) is 6.87. The number of anilines is 1. The van der Waals surface area contributed by atoms with E-state index in [1.807, 2.05) is 38.2 Å². The Morgan fingerprint density at radius 1 is 1.00 bits per heavy atom. The van der Waals surface area contributed by atoms with Gasteiger partial charge in [0.1, 0.15) is 0 Å². The fraction of sp³-hybridized carbons (Fsp3) is 0.393. The molecule has 3 aromatic rings. The number of hydrogen-bond acceptors (Lipinski definition) is 5. The van der Waals surface area contributed by atoms with Gasteiger partial charge in [-0.25, -0.2) is 4.79 Å². The molecule has 192 valence electrons. The minimum absolute atomic E-state index is 0.209. The first-order valence-electron chi connectivity index (χ1n) is 12.4. The first kappa shape index (κ1) is 26.8. The monoisotopic (exact) mass is 493 g/mol. The average Bonchev–Trinajstić information content (AvgIpc) is 3.26. The standard InChI is InChI=1S/C28H35N3O5/c1-5-30(6-2)28(34)36-24-15-14-23-22(16-17-31(23)19-21-11-9-10-20(3)18-21)27(24)29-25(32)12-7-8-13-26(33)35-4/h9-11,14-18H,5-8,12-13,19H2,1-4H3,(H,29,32). The Labute approximate surface area is 212 Å². The number of esters is 1. The van der Waals surface area contributed by atoms with Crippen molar-refractivity contribution in [2.24, 2.45) is 0 Å². The summed E-state index contributed by atoms with van der Waals surface area (Å²) in [5.74, 6) is -0.199. The van der Waals surface area contributed by atoms with Crippen molar-refractivity contribution in [3.8, 4) is 5.75 Å². The second-order valence-electron chi connectivity index (χ2n) is 8.68. The van der Waals surface area contributed by atoms with E-state index in [2.05, 4.69) is 39.7 Å². The fourth-order valence-corrected chi connectivity index (χ4v) is 4.11. The molecular formula is C28H35N3O5. The zero-order valence-electron chi connectivity index (χ0n) is 21.5.